The van der Waals surface area contributed by atoms with E-state index in [1.165, 1.54) is 11.3 Å². The molecular weight excluding hydrogens is 218 g/mol. The number of methoxy groups -OCH3 is 1. The first-order valence-electron chi connectivity index (χ1n) is 3.92. The molecule has 4 heteroatoms. The van der Waals surface area contributed by atoms with E-state index >= 15 is 0 Å². The van der Waals surface area contributed by atoms with E-state index in [2.05, 4.69) is 6.07 Å². The summed E-state index contributed by atoms with van der Waals surface area (Å²) in [6.45, 7) is 0. The topological polar surface area (TPSA) is 33.0 Å². The van der Waals surface area contributed by atoms with Gasteiger partial charge in [-0.15, -0.1) is 11.3 Å². The van der Waals surface area contributed by atoms with Gasteiger partial charge in [-0.05, 0) is 18.2 Å². The summed E-state index contributed by atoms with van der Waals surface area (Å²) in [7, 11) is 1.61. The van der Waals surface area contributed by atoms with Gasteiger partial charge < -0.3 is 4.74 Å². The molecule has 1 aromatic heterocycles. The highest BCUT2D eigenvalue weighted by Crippen LogP contribution is 2.37. The quantitative estimate of drug-likeness (QED) is 0.742. The molecule has 0 aliphatic heterocycles. The zero-order valence-electron chi connectivity index (χ0n) is 7.37. The number of rotatable bonds is 1. The van der Waals surface area contributed by atoms with Crippen LogP contribution in [0.3, 0.4) is 0 Å². The standard InChI is InChI=1S/C10H6ClNOS/c1-13-9-3-2-8(11)7-4-6(5-12)14-10(7)9/h2-4H,1H3. The molecule has 0 amide bonds. The van der Waals surface area contributed by atoms with Gasteiger partial charge in [-0.2, -0.15) is 5.26 Å². The molecular formula is C10H6ClNOS. The second-order valence-electron chi connectivity index (χ2n) is 2.71. The lowest BCUT2D eigenvalue weighted by molar-refractivity contribution is 0.420. The first kappa shape index (κ1) is 9.32. The predicted octanol–water partition coefficient (Wildman–Crippen LogP) is 3.43. The minimum absolute atomic E-state index is 0.645. The molecule has 2 rings (SSSR count). The van der Waals surface area contributed by atoms with Crippen LogP contribution in [-0.2, 0) is 0 Å². The van der Waals surface area contributed by atoms with Gasteiger partial charge in [0.05, 0.1) is 11.8 Å². The van der Waals surface area contributed by atoms with Crippen LogP contribution in [0.2, 0.25) is 5.02 Å². The summed E-state index contributed by atoms with van der Waals surface area (Å²) < 4.78 is 6.11. The highest BCUT2D eigenvalue weighted by atomic mass is 35.5. The van der Waals surface area contributed by atoms with Crippen LogP contribution >= 0.6 is 22.9 Å². The minimum atomic E-state index is 0.645. The Morgan fingerprint density at radius 2 is 2.29 bits per heavy atom. The third-order valence-corrected chi connectivity index (χ3v) is 3.31. The molecule has 0 radical (unpaired) electrons. The maximum atomic E-state index is 8.77. The van der Waals surface area contributed by atoms with Crippen molar-refractivity contribution in [1.29, 1.82) is 5.26 Å². The third kappa shape index (κ3) is 1.33. The van der Waals surface area contributed by atoms with E-state index in [0.29, 0.717) is 9.90 Å². The summed E-state index contributed by atoms with van der Waals surface area (Å²) in [4.78, 5) is 0.645. The van der Waals surface area contributed by atoms with Crippen LogP contribution in [0.4, 0.5) is 0 Å². The molecule has 0 bridgehead atoms. The highest BCUT2D eigenvalue weighted by molar-refractivity contribution is 7.20. The molecule has 70 valence electrons. The van der Waals surface area contributed by atoms with Crippen LogP contribution < -0.4 is 4.74 Å². The number of hydrogen-bond acceptors (Lipinski definition) is 3. The van der Waals surface area contributed by atoms with Gasteiger partial charge in [0.2, 0.25) is 0 Å². The minimum Gasteiger partial charge on any atom is -0.495 e. The largest absolute Gasteiger partial charge is 0.495 e. The number of benzene rings is 1. The predicted molar refractivity (Wildman–Crippen MR) is 58.1 cm³/mol. The van der Waals surface area contributed by atoms with Crippen LogP contribution in [-0.4, -0.2) is 7.11 Å². The molecule has 2 aromatic rings. The SMILES string of the molecule is COc1ccc(Cl)c2cc(C#N)sc12. The Morgan fingerprint density at radius 1 is 1.50 bits per heavy atom. The first-order valence-corrected chi connectivity index (χ1v) is 5.12. The molecule has 0 unspecified atom stereocenters. The van der Waals surface area contributed by atoms with Crippen LogP contribution in [0.1, 0.15) is 4.88 Å². The number of nitriles is 1. The molecule has 14 heavy (non-hydrogen) atoms. The van der Waals surface area contributed by atoms with Crippen molar-refractivity contribution < 1.29 is 4.74 Å². The van der Waals surface area contributed by atoms with E-state index in [0.717, 1.165) is 15.8 Å². The fourth-order valence-corrected chi connectivity index (χ4v) is 2.52. The van der Waals surface area contributed by atoms with E-state index in [1.807, 2.05) is 6.07 Å². The number of nitrogens with zero attached hydrogens (tertiary/aromatic N) is 1. The number of halogens is 1. The lowest BCUT2D eigenvalue weighted by atomic mass is 10.2. The van der Waals surface area contributed by atoms with Crippen LogP contribution in [0.5, 0.6) is 5.75 Å². The Bertz CT molecular complexity index is 527. The summed E-state index contributed by atoms with van der Waals surface area (Å²) in [5, 5.41) is 10.3. The van der Waals surface area contributed by atoms with Crippen LogP contribution in [0, 0.1) is 11.3 Å². The van der Waals surface area contributed by atoms with E-state index in [-0.39, 0.29) is 0 Å². The van der Waals surface area contributed by atoms with Crippen LogP contribution in [0.25, 0.3) is 10.1 Å². The maximum absolute atomic E-state index is 8.77. The number of hydrogen-bond donors (Lipinski definition) is 0. The Morgan fingerprint density at radius 3 is 2.93 bits per heavy atom. The van der Waals surface area contributed by atoms with Gasteiger partial charge in [-0.25, -0.2) is 0 Å². The van der Waals surface area contributed by atoms with Gasteiger partial charge in [0.15, 0.2) is 0 Å². The fraction of sp³-hybridized carbons (Fsp3) is 0.100. The first-order chi connectivity index (χ1) is 6.76. The fourth-order valence-electron chi connectivity index (χ4n) is 1.28. The average Bonchev–Trinajstić information content (AvgIpc) is 2.63. The van der Waals surface area contributed by atoms with E-state index in [1.54, 1.807) is 19.2 Å². The number of thiophene rings is 1. The second-order valence-corrected chi connectivity index (χ2v) is 4.17. The lowest BCUT2D eigenvalue weighted by Crippen LogP contribution is -1.81. The van der Waals surface area contributed by atoms with Gasteiger partial charge in [-0.3, -0.25) is 0 Å². The van der Waals surface area contributed by atoms with Gasteiger partial charge in [0, 0.05) is 10.4 Å². The molecule has 0 saturated heterocycles. The molecule has 0 aliphatic carbocycles. The van der Waals surface area contributed by atoms with Gasteiger partial charge in [-0.1, -0.05) is 11.6 Å². The normalized spacial score (nSPS) is 10.1. The highest BCUT2D eigenvalue weighted by Gasteiger charge is 2.09. The Hall–Kier alpha value is -1.24. The summed E-state index contributed by atoms with van der Waals surface area (Å²) >= 11 is 7.39. The van der Waals surface area contributed by atoms with Gasteiger partial charge in [0.25, 0.3) is 0 Å². The summed E-state index contributed by atoms with van der Waals surface area (Å²) in [6, 6.07) is 7.46. The molecule has 1 heterocycles. The Labute approximate surface area is 90.3 Å². The number of ether oxygens (including phenoxy) is 1. The summed E-state index contributed by atoms with van der Waals surface area (Å²) in [6.07, 6.45) is 0. The molecule has 0 spiro atoms. The third-order valence-electron chi connectivity index (χ3n) is 1.92. The molecule has 2 nitrogen and oxygen atoms in total. The summed E-state index contributed by atoms with van der Waals surface area (Å²) in [5.41, 5.74) is 0. The molecule has 0 N–H and O–H groups in total. The van der Waals surface area contributed by atoms with Crippen molar-refractivity contribution in [2.24, 2.45) is 0 Å². The van der Waals surface area contributed by atoms with Crippen molar-refractivity contribution in [3.8, 4) is 11.8 Å². The van der Waals surface area contributed by atoms with E-state index in [4.69, 9.17) is 21.6 Å². The average molecular weight is 224 g/mol. The van der Waals surface area contributed by atoms with E-state index < -0.39 is 0 Å². The Kier molecular flexibility index (Phi) is 2.32. The monoisotopic (exact) mass is 223 g/mol. The van der Waals surface area contributed by atoms with Gasteiger partial charge in [0.1, 0.15) is 16.7 Å². The second kappa shape index (κ2) is 3.49. The smallest absolute Gasteiger partial charge is 0.136 e. The van der Waals surface area contributed by atoms with E-state index in [9.17, 15) is 0 Å². The van der Waals surface area contributed by atoms with Crippen molar-refractivity contribution >= 4 is 33.0 Å². The van der Waals surface area contributed by atoms with Crippen molar-refractivity contribution in [3.05, 3.63) is 28.1 Å². The van der Waals surface area contributed by atoms with Gasteiger partial charge >= 0.3 is 0 Å². The van der Waals surface area contributed by atoms with Crippen molar-refractivity contribution in [2.75, 3.05) is 7.11 Å². The zero-order valence-corrected chi connectivity index (χ0v) is 8.95. The van der Waals surface area contributed by atoms with Crippen molar-refractivity contribution in [2.45, 2.75) is 0 Å². The van der Waals surface area contributed by atoms with Crippen molar-refractivity contribution in [1.82, 2.24) is 0 Å². The van der Waals surface area contributed by atoms with Crippen LogP contribution in [0.15, 0.2) is 18.2 Å². The molecule has 0 saturated carbocycles. The summed E-state index contributed by atoms with van der Waals surface area (Å²) in [5.74, 6) is 0.760. The molecule has 0 aliphatic rings. The zero-order chi connectivity index (χ0) is 10.1. The molecule has 0 atom stereocenters. The number of fused-ring (bicyclic) bond motifs is 1. The maximum Gasteiger partial charge on any atom is 0.136 e. The molecule has 0 fully saturated rings. The molecule has 1 aromatic carbocycles. The Balaban J connectivity index is 2.83. The lowest BCUT2D eigenvalue weighted by Gasteiger charge is -2.01. The van der Waals surface area contributed by atoms with Crippen molar-refractivity contribution in [3.63, 3.8) is 0 Å².